The lowest BCUT2D eigenvalue weighted by molar-refractivity contribution is -0.286. The zero-order valence-corrected chi connectivity index (χ0v) is 10.6. The summed E-state index contributed by atoms with van der Waals surface area (Å²) in [6.07, 6.45) is -0.936. The van der Waals surface area contributed by atoms with Crippen LogP contribution in [0.4, 0.5) is 10.1 Å². The van der Waals surface area contributed by atoms with E-state index in [0.29, 0.717) is 11.3 Å². The Kier molecular flexibility index (Phi) is 3.53. The SMILES string of the molecule is O=C(O)c1cccc(N2OOC(c3cccc(F)c3)O2)c1. The van der Waals surface area contributed by atoms with Crippen LogP contribution in [-0.2, 0) is 14.7 Å². The van der Waals surface area contributed by atoms with Gasteiger partial charge in [-0.1, -0.05) is 28.4 Å². The molecule has 0 saturated carbocycles. The number of anilines is 1. The maximum absolute atomic E-state index is 13.2. The Balaban J connectivity index is 1.78. The van der Waals surface area contributed by atoms with Crippen LogP contribution in [0, 0.1) is 5.82 Å². The van der Waals surface area contributed by atoms with E-state index in [-0.39, 0.29) is 5.56 Å². The van der Waals surface area contributed by atoms with Gasteiger partial charge in [-0.05, 0) is 30.3 Å². The Morgan fingerprint density at radius 2 is 2.00 bits per heavy atom. The van der Waals surface area contributed by atoms with Crippen molar-refractivity contribution in [3.8, 4) is 0 Å². The smallest absolute Gasteiger partial charge is 0.335 e. The molecule has 1 saturated heterocycles. The van der Waals surface area contributed by atoms with Gasteiger partial charge in [0.15, 0.2) is 0 Å². The standard InChI is InChI=1S/C14H10FNO5/c15-11-5-1-4-10(7-11)14-19-16(21-20-14)12-6-2-3-9(8-12)13(17)18/h1-8,14H,(H,17,18). The molecule has 1 N–H and O–H groups in total. The third kappa shape index (κ3) is 2.84. The number of carbonyl (C=O) groups is 1. The lowest BCUT2D eigenvalue weighted by Gasteiger charge is -2.12. The average molecular weight is 291 g/mol. The number of carboxylic acids is 1. The zero-order chi connectivity index (χ0) is 14.8. The first-order chi connectivity index (χ1) is 10.1. The van der Waals surface area contributed by atoms with Crippen molar-refractivity contribution in [2.75, 3.05) is 5.23 Å². The fourth-order valence-electron chi connectivity index (χ4n) is 1.83. The molecule has 1 atom stereocenters. The van der Waals surface area contributed by atoms with Crippen LogP contribution in [0.1, 0.15) is 22.2 Å². The fourth-order valence-corrected chi connectivity index (χ4v) is 1.83. The maximum atomic E-state index is 13.2. The van der Waals surface area contributed by atoms with Crippen molar-refractivity contribution >= 4 is 11.7 Å². The fraction of sp³-hybridized carbons (Fsp3) is 0.0714. The first-order valence-corrected chi connectivity index (χ1v) is 6.02. The molecular formula is C14H10FNO5. The van der Waals surface area contributed by atoms with E-state index in [2.05, 4.69) is 0 Å². The Bertz CT molecular complexity index is 678. The topological polar surface area (TPSA) is 68.2 Å². The van der Waals surface area contributed by atoms with E-state index in [1.54, 1.807) is 18.2 Å². The molecule has 0 spiro atoms. The minimum atomic E-state index is -1.07. The number of aromatic carboxylic acids is 1. The van der Waals surface area contributed by atoms with E-state index in [4.69, 9.17) is 19.8 Å². The first-order valence-electron chi connectivity index (χ1n) is 6.02. The van der Waals surface area contributed by atoms with Gasteiger partial charge in [0.05, 0.1) is 11.3 Å². The Morgan fingerprint density at radius 3 is 2.76 bits per heavy atom. The highest BCUT2D eigenvalue weighted by molar-refractivity contribution is 5.88. The van der Waals surface area contributed by atoms with Gasteiger partial charge in [0, 0.05) is 5.56 Å². The second-order valence-corrected chi connectivity index (χ2v) is 4.28. The van der Waals surface area contributed by atoms with Gasteiger partial charge < -0.3 is 5.11 Å². The summed E-state index contributed by atoms with van der Waals surface area (Å²) in [5.41, 5.74) is 0.856. The van der Waals surface area contributed by atoms with Gasteiger partial charge in [0.25, 0.3) is 0 Å². The van der Waals surface area contributed by atoms with Crippen LogP contribution in [0.2, 0.25) is 0 Å². The molecule has 0 radical (unpaired) electrons. The first kappa shape index (κ1) is 13.5. The molecule has 0 amide bonds. The molecule has 0 aliphatic carbocycles. The van der Waals surface area contributed by atoms with Crippen LogP contribution in [0.15, 0.2) is 48.5 Å². The number of hydrogen-bond donors (Lipinski definition) is 1. The Hall–Kier alpha value is -2.48. The van der Waals surface area contributed by atoms with Crippen LogP contribution in [0.3, 0.4) is 0 Å². The molecule has 1 aliphatic rings. The highest BCUT2D eigenvalue weighted by Crippen LogP contribution is 2.31. The molecule has 1 heterocycles. The molecule has 1 aliphatic heterocycles. The van der Waals surface area contributed by atoms with Gasteiger partial charge in [-0.2, -0.15) is 4.89 Å². The van der Waals surface area contributed by atoms with Gasteiger partial charge in [-0.3, -0.25) is 0 Å². The summed E-state index contributed by atoms with van der Waals surface area (Å²) >= 11 is 0. The minimum absolute atomic E-state index is 0.0777. The molecule has 1 fully saturated rings. The molecule has 3 rings (SSSR count). The third-order valence-corrected chi connectivity index (χ3v) is 2.81. The van der Waals surface area contributed by atoms with Crippen LogP contribution in [0.25, 0.3) is 0 Å². The monoisotopic (exact) mass is 291 g/mol. The van der Waals surface area contributed by atoms with Crippen molar-refractivity contribution in [3.05, 3.63) is 65.5 Å². The minimum Gasteiger partial charge on any atom is -0.478 e. The van der Waals surface area contributed by atoms with Gasteiger partial charge in [0.2, 0.25) is 6.29 Å². The van der Waals surface area contributed by atoms with E-state index in [9.17, 15) is 9.18 Å². The van der Waals surface area contributed by atoms with E-state index < -0.39 is 18.1 Å². The second kappa shape index (κ2) is 5.49. The van der Waals surface area contributed by atoms with Crippen molar-refractivity contribution in [3.63, 3.8) is 0 Å². The van der Waals surface area contributed by atoms with E-state index >= 15 is 0 Å². The van der Waals surface area contributed by atoms with Crippen molar-refractivity contribution < 1.29 is 29.0 Å². The Labute approximate surface area is 118 Å². The van der Waals surface area contributed by atoms with Gasteiger partial charge in [-0.15, -0.1) is 0 Å². The zero-order valence-electron chi connectivity index (χ0n) is 10.6. The number of rotatable bonds is 3. The predicted molar refractivity (Wildman–Crippen MR) is 68.3 cm³/mol. The predicted octanol–water partition coefficient (Wildman–Crippen LogP) is 2.84. The number of hydrogen-bond acceptors (Lipinski definition) is 5. The van der Waals surface area contributed by atoms with E-state index in [0.717, 1.165) is 5.23 Å². The summed E-state index contributed by atoms with van der Waals surface area (Å²) in [4.78, 5) is 26.1. The quantitative estimate of drug-likeness (QED) is 0.877. The lowest BCUT2D eigenvalue weighted by Crippen LogP contribution is -2.15. The van der Waals surface area contributed by atoms with Crippen LogP contribution < -0.4 is 5.23 Å². The van der Waals surface area contributed by atoms with Crippen molar-refractivity contribution in [1.82, 2.24) is 0 Å². The number of carboxylic acid groups (broad SMARTS) is 1. The van der Waals surface area contributed by atoms with Gasteiger partial charge in [0.1, 0.15) is 5.82 Å². The highest BCUT2D eigenvalue weighted by Gasteiger charge is 2.29. The number of nitrogens with zero attached hydrogens (tertiary/aromatic N) is 1. The normalized spacial score (nSPS) is 18.0. The summed E-state index contributed by atoms with van der Waals surface area (Å²) < 4.78 is 13.2. The molecule has 2 aromatic rings. The van der Waals surface area contributed by atoms with Crippen LogP contribution in [0.5, 0.6) is 0 Å². The van der Waals surface area contributed by atoms with Crippen molar-refractivity contribution in [2.24, 2.45) is 0 Å². The maximum Gasteiger partial charge on any atom is 0.335 e. The van der Waals surface area contributed by atoms with Gasteiger partial charge in [-0.25, -0.2) is 14.0 Å². The molecule has 108 valence electrons. The lowest BCUT2D eigenvalue weighted by atomic mass is 10.2. The summed E-state index contributed by atoms with van der Waals surface area (Å²) in [5.74, 6) is -1.50. The molecule has 0 aromatic heterocycles. The highest BCUT2D eigenvalue weighted by atomic mass is 19.1. The number of halogens is 1. The molecule has 1 unspecified atom stereocenters. The molecule has 21 heavy (non-hydrogen) atoms. The summed E-state index contributed by atoms with van der Waals surface area (Å²) in [5, 5.41) is 9.87. The molecule has 6 nitrogen and oxygen atoms in total. The molecule has 2 aromatic carbocycles. The number of benzene rings is 2. The Morgan fingerprint density at radius 1 is 1.19 bits per heavy atom. The molecule has 0 bridgehead atoms. The largest absolute Gasteiger partial charge is 0.478 e. The van der Waals surface area contributed by atoms with E-state index in [1.807, 2.05) is 0 Å². The van der Waals surface area contributed by atoms with Gasteiger partial charge >= 0.3 is 5.97 Å². The van der Waals surface area contributed by atoms with Crippen LogP contribution >= 0.6 is 0 Å². The van der Waals surface area contributed by atoms with Crippen LogP contribution in [-0.4, -0.2) is 11.1 Å². The van der Waals surface area contributed by atoms with E-state index in [1.165, 1.54) is 30.3 Å². The van der Waals surface area contributed by atoms with Crippen molar-refractivity contribution in [1.29, 1.82) is 0 Å². The summed E-state index contributed by atoms with van der Waals surface area (Å²) in [7, 11) is 0. The third-order valence-electron chi connectivity index (χ3n) is 2.81. The summed E-state index contributed by atoms with van der Waals surface area (Å²) in [6.45, 7) is 0. The second-order valence-electron chi connectivity index (χ2n) is 4.28. The van der Waals surface area contributed by atoms with Crippen molar-refractivity contribution in [2.45, 2.75) is 6.29 Å². The summed E-state index contributed by atoms with van der Waals surface area (Å²) in [6, 6.07) is 11.6. The average Bonchev–Trinajstić information content (AvgIpc) is 2.97. The molecular weight excluding hydrogens is 281 g/mol. The molecule has 7 heteroatoms.